The molecule has 1 aromatic carbocycles. The van der Waals surface area contributed by atoms with Gasteiger partial charge in [0.1, 0.15) is 5.60 Å². The van der Waals surface area contributed by atoms with Gasteiger partial charge < -0.3 is 9.64 Å². The molecular formula is C18H24BrNO2. The Bertz CT molecular complexity index is 545. The van der Waals surface area contributed by atoms with Crippen molar-refractivity contribution in [2.45, 2.75) is 51.7 Å². The average Bonchev–Trinajstić information content (AvgIpc) is 2.45. The maximum Gasteiger partial charge on any atom is 0.410 e. The van der Waals surface area contributed by atoms with Crippen molar-refractivity contribution in [3.05, 3.63) is 40.9 Å². The van der Waals surface area contributed by atoms with Gasteiger partial charge in [-0.3, -0.25) is 0 Å². The Kier molecular flexibility index (Phi) is 5.32. The number of benzene rings is 1. The number of halogens is 1. The molecule has 2 rings (SSSR count). The lowest BCUT2D eigenvalue weighted by Gasteiger charge is -2.37. The van der Waals surface area contributed by atoms with Crippen LogP contribution < -0.4 is 0 Å². The van der Waals surface area contributed by atoms with Crippen LogP contribution in [0.3, 0.4) is 0 Å². The normalized spacial score (nSPS) is 18.9. The lowest BCUT2D eigenvalue weighted by Crippen LogP contribution is -2.46. The lowest BCUT2D eigenvalue weighted by molar-refractivity contribution is 0.0159. The average molecular weight is 366 g/mol. The fourth-order valence-electron chi connectivity index (χ4n) is 2.69. The molecule has 1 aliphatic heterocycles. The molecule has 1 heterocycles. The van der Waals surface area contributed by atoms with Crippen molar-refractivity contribution in [2.24, 2.45) is 0 Å². The molecule has 22 heavy (non-hydrogen) atoms. The summed E-state index contributed by atoms with van der Waals surface area (Å²) in [6, 6.07) is 8.09. The maximum absolute atomic E-state index is 12.5. The molecule has 0 saturated carbocycles. The van der Waals surface area contributed by atoms with Gasteiger partial charge in [0.25, 0.3) is 0 Å². The minimum Gasteiger partial charge on any atom is -0.444 e. The summed E-state index contributed by atoms with van der Waals surface area (Å²) in [5.74, 6) is 0. The molecule has 0 radical (unpaired) electrons. The fraction of sp³-hybridized carbons (Fsp3) is 0.500. The highest BCUT2D eigenvalue weighted by atomic mass is 79.9. The summed E-state index contributed by atoms with van der Waals surface area (Å²) in [5.41, 5.74) is 1.58. The van der Waals surface area contributed by atoms with Crippen LogP contribution >= 0.6 is 15.9 Å². The number of rotatable bonds is 2. The lowest BCUT2D eigenvalue weighted by atomic mass is 9.92. The van der Waals surface area contributed by atoms with E-state index in [0.29, 0.717) is 0 Å². The Labute approximate surface area is 141 Å². The molecule has 0 aliphatic carbocycles. The number of nitrogens with zero attached hydrogens (tertiary/aromatic N) is 1. The summed E-state index contributed by atoms with van der Waals surface area (Å²) < 4.78 is 6.59. The van der Waals surface area contributed by atoms with E-state index in [1.54, 1.807) is 0 Å². The van der Waals surface area contributed by atoms with Crippen molar-refractivity contribution in [3.8, 4) is 0 Å². The number of piperidine rings is 1. The Morgan fingerprint density at radius 2 is 1.91 bits per heavy atom. The molecule has 1 saturated heterocycles. The standard InChI is InChI=1S/C18H24BrNO2/c1-13(14-8-10-15(19)11-9-14)16-7-5-6-12-20(16)17(21)22-18(2,3)4/h8-11,16H,1,5-7,12H2,2-4H3/t16-/m1/s1. The van der Waals surface area contributed by atoms with E-state index in [4.69, 9.17) is 4.74 Å². The van der Waals surface area contributed by atoms with Crippen LogP contribution in [0.2, 0.25) is 0 Å². The van der Waals surface area contributed by atoms with Crippen molar-refractivity contribution in [1.29, 1.82) is 0 Å². The highest BCUT2D eigenvalue weighted by Crippen LogP contribution is 2.30. The molecule has 1 aliphatic rings. The molecule has 0 N–H and O–H groups in total. The van der Waals surface area contributed by atoms with Gasteiger partial charge in [-0.15, -0.1) is 0 Å². The van der Waals surface area contributed by atoms with Crippen molar-refractivity contribution in [1.82, 2.24) is 4.90 Å². The number of hydrogen-bond donors (Lipinski definition) is 0. The Balaban J connectivity index is 2.17. The molecule has 1 fully saturated rings. The van der Waals surface area contributed by atoms with Gasteiger partial charge in [0, 0.05) is 11.0 Å². The second-order valence-electron chi connectivity index (χ2n) is 6.72. The monoisotopic (exact) mass is 365 g/mol. The number of carbonyl (C=O) groups is 1. The second-order valence-corrected chi connectivity index (χ2v) is 7.63. The summed E-state index contributed by atoms with van der Waals surface area (Å²) in [6.07, 6.45) is 2.83. The van der Waals surface area contributed by atoms with Crippen LogP contribution in [0, 0.1) is 0 Å². The fourth-order valence-corrected chi connectivity index (χ4v) is 2.95. The molecule has 120 valence electrons. The van der Waals surface area contributed by atoms with Crippen molar-refractivity contribution < 1.29 is 9.53 Å². The Hall–Kier alpha value is -1.29. The number of carbonyl (C=O) groups excluding carboxylic acids is 1. The number of amides is 1. The van der Waals surface area contributed by atoms with Crippen LogP contribution in [-0.4, -0.2) is 29.2 Å². The first kappa shape index (κ1) is 17.1. The number of hydrogen-bond acceptors (Lipinski definition) is 2. The van der Waals surface area contributed by atoms with Crippen molar-refractivity contribution in [2.75, 3.05) is 6.54 Å². The van der Waals surface area contributed by atoms with Crippen molar-refractivity contribution >= 4 is 27.6 Å². The van der Waals surface area contributed by atoms with Gasteiger partial charge in [-0.1, -0.05) is 34.6 Å². The summed E-state index contributed by atoms with van der Waals surface area (Å²) in [7, 11) is 0. The third-order valence-corrected chi connectivity index (χ3v) is 4.28. The van der Waals surface area contributed by atoms with Gasteiger partial charge in [-0.2, -0.15) is 0 Å². The zero-order valence-corrected chi connectivity index (χ0v) is 15.1. The molecule has 3 nitrogen and oxygen atoms in total. The predicted molar refractivity (Wildman–Crippen MR) is 93.8 cm³/mol. The first-order valence-electron chi connectivity index (χ1n) is 7.72. The van der Waals surface area contributed by atoms with Crippen LogP contribution in [0.15, 0.2) is 35.3 Å². The van der Waals surface area contributed by atoms with Gasteiger partial charge >= 0.3 is 6.09 Å². The molecule has 1 amide bonds. The third kappa shape index (κ3) is 4.35. The van der Waals surface area contributed by atoms with Gasteiger partial charge in [-0.05, 0) is 63.3 Å². The van der Waals surface area contributed by atoms with E-state index in [-0.39, 0.29) is 12.1 Å². The largest absolute Gasteiger partial charge is 0.444 e. The van der Waals surface area contributed by atoms with Crippen LogP contribution in [0.25, 0.3) is 5.57 Å². The van der Waals surface area contributed by atoms with E-state index in [1.807, 2.05) is 49.9 Å². The van der Waals surface area contributed by atoms with Crippen LogP contribution in [0.1, 0.15) is 45.6 Å². The van der Waals surface area contributed by atoms with E-state index >= 15 is 0 Å². The van der Waals surface area contributed by atoms with Crippen LogP contribution in [0.5, 0.6) is 0 Å². The Morgan fingerprint density at radius 1 is 1.27 bits per heavy atom. The van der Waals surface area contributed by atoms with E-state index in [9.17, 15) is 4.79 Å². The molecule has 0 spiro atoms. The summed E-state index contributed by atoms with van der Waals surface area (Å²) in [5, 5.41) is 0. The summed E-state index contributed by atoms with van der Waals surface area (Å²) >= 11 is 3.44. The summed E-state index contributed by atoms with van der Waals surface area (Å²) in [6.45, 7) is 10.7. The van der Waals surface area contributed by atoms with Gasteiger partial charge in [-0.25, -0.2) is 4.79 Å². The maximum atomic E-state index is 12.5. The minimum absolute atomic E-state index is 0.0183. The SMILES string of the molecule is C=C(c1ccc(Br)cc1)[C@H]1CCCCN1C(=O)OC(C)(C)C. The first-order chi connectivity index (χ1) is 10.3. The topological polar surface area (TPSA) is 29.5 Å². The second kappa shape index (κ2) is 6.86. The number of ether oxygens (including phenoxy) is 1. The highest BCUT2D eigenvalue weighted by molar-refractivity contribution is 9.10. The molecule has 1 aromatic rings. The molecule has 4 heteroatoms. The Morgan fingerprint density at radius 3 is 2.50 bits per heavy atom. The first-order valence-corrected chi connectivity index (χ1v) is 8.51. The van der Waals surface area contributed by atoms with Crippen molar-refractivity contribution in [3.63, 3.8) is 0 Å². The van der Waals surface area contributed by atoms with Gasteiger partial charge in [0.15, 0.2) is 0 Å². The van der Waals surface area contributed by atoms with E-state index in [1.165, 1.54) is 0 Å². The molecular weight excluding hydrogens is 342 g/mol. The molecule has 1 atom stereocenters. The minimum atomic E-state index is -0.474. The van der Waals surface area contributed by atoms with E-state index in [0.717, 1.165) is 41.4 Å². The zero-order valence-electron chi connectivity index (χ0n) is 13.6. The van der Waals surface area contributed by atoms with E-state index in [2.05, 4.69) is 22.5 Å². The number of likely N-dealkylation sites (tertiary alicyclic amines) is 1. The molecule has 0 aromatic heterocycles. The van der Waals surface area contributed by atoms with Crippen LogP contribution in [0.4, 0.5) is 4.79 Å². The van der Waals surface area contributed by atoms with Crippen LogP contribution in [-0.2, 0) is 4.74 Å². The quantitative estimate of drug-likeness (QED) is 0.715. The molecule has 0 bridgehead atoms. The molecule has 0 unspecified atom stereocenters. The third-order valence-electron chi connectivity index (χ3n) is 3.75. The summed E-state index contributed by atoms with van der Waals surface area (Å²) in [4.78, 5) is 14.3. The van der Waals surface area contributed by atoms with Gasteiger partial charge in [0.2, 0.25) is 0 Å². The zero-order chi connectivity index (χ0) is 16.3. The van der Waals surface area contributed by atoms with E-state index < -0.39 is 5.60 Å². The predicted octanol–water partition coefficient (Wildman–Crippen LogP) is 5.25. The van der Waals surface area contributed by atoms with Gasteiger partial charge in [0.05, 0.1) is 6.04 Å². The highest BCUT2D eigenvalue weighted by Gasteiger charge is 2.32. The smallest absolute Gasteiger partial charge is 0.410 e.